The Bertz CT molecular complexity index is 1570. The summed E-state index contributed by atoms with van der Waals surface area (Å²) in [5.41, 5.74) is 8.65. The summed E-state index contributed by atoms with van der Waals surface area (Å²) in [6.45, 7) is 8.62. The second kappa shape index (κ2) is 9.73. The summed E-state index contributed by atoms with van der Waals surface area (Å²) in [6.07, 6.45) is 6.69. The van der Waals surface area contributed by atoms with Crippen molar-refractivity contribution in [2.24, 2.45) is 0 Å². The predicted octanol–water partition coefficient (Wildman–Crippen LogP) is 3.92. The van der Waals surface area contributed by atoms with Gasteiger partial charge in [0.05, 0.1) is 0 Å². The third kappa shape index (κ3) is 4.35. The summed E-state index contributed by atoms with van der Waals surface area (Å²) in [5, 5.41) is 3.14. The molecule has 2 aromatic rings. The van der Waals surface area contributed by atoms with Crippen molar-refractivity contribution in [1.29, 1.82) is 0 Å². The largest absolute Gasteiger partial charge is 0.378 e. The lowest BCUT2D eigenvalue weighted by molar-refractivity contribution is -0.462. The van der Waals surface area contributed by atoms with E-state index in [0.29, 0.717) is 9.94 Å². The van der Waals surface area contributed by atoms with Gasteiger partial charge in [0.25, 0.3) is 11.8 Å². The summed E-state index contributed by atoms with van der Waals surface area (Å²) in [6, 6.07) is 8.35. The molecule has 1 saturated heterocycles. The zero-order chi connectivity index (χ0) is 28.2. The Morgan fingerprint density at radius 3 is 2.46 bits per heavy atom. The number of amides is 2. The minimum Gasteiger partial charge on any atom is -0.378 e. The quantitative estimate of drug-likeness (QED) is 0.316. The van der Waals surface area contributed by atoms with E-state index >= 15 is 0 Å². The monoisotopic (exact) mass is 558 g/mol. The van der Waals surface area contributed by atoms with Gasteiger partial charge in [0.1, 0.15) is 27.0 Å². The smallest absolute Gasteiger partial charge is 0.373 e. The molecular weight excluding hydrogens is 527 g/mol. The van der Waals surface area contributed by atoms with Crippen molar-refractivity contribution in [3.8, 4) is 0 Å². The van der Waals surface area contributed by atoms with Crippen LogP contribution in [0.15, 0.2) is 65.5 Å². The molecule has 3 aliphatic rings. The van der Waals surface area contributed by atoms with Crippen LogP contribution in [-0.2, 0) is 14.4 Å². The molecule has 0 radical (unpaired) electrons. The molecule has 2 amide bonds. The SMILES string of the molecule is C=C[Si]1(C)C2=CC(=[N+](C)C)C=CC2=C(c2sc(C(=O)ON3C(=O)CCC3=O)cc2C)c2ccc(N(C)C)cc21. The van der Waals surface area contributed by atoms with E-state index in [1.807, 2.05) is 35.1 Å². The van der Waals surface area contributed by atoms with Crippen LogP contribution in [0.1, 0.15) is 38.5 Å². The van der Waals surface area contributed by atoms with Gasteiger partial charge in [-0.1, -0.05) is 18.3 Å². The number of carbonyl (C=O) groups is 3. The molecule has 39 heavy (non-hydrogen) atoms. The Labute approximate surface area is 233 Å². The maximum absolute atomic E-state index is 13.0. The summed E-state index contributed by atoms with van der Waals surface area (Å²) in [7, 11) is 5.82. The van der Waals surface area contributed by atoms with Gasteiger partial charge in [-0.25, -0.2) is 9.37 Å². The zero-order valence-corrected chi connectivity index (χ0v) is 24.9. The predicted molar refractivity (Wildman–Crippen MR) is 158 cm³/mol. The van der Waals surface area contributed by atoms with Crippen LogP contribution < -0.4 is 10.1 Å². The number of hydrogen-bond acceptors (Lipinski definition) is 6. The van der Waals surface area contributed by atoms with Crippen LogP contribution in [0.3, 0.4) is 0 Å². The molecule has 0 N–H and O–H groups in total. The third-order valence-electron chi connectivity index (χ3n) is 7.63. The first-order valence-electron chi connectivity index (χ1n) is 12.8. The van der Waals surface area contributed by atoms with E-state index in [-0.39, 0.29) is 12.8 Å². The van der Waals surface area contributed by atoms with E-state index in [1.54, 1.807) is 6.07 Å². The number of hydrogen-bond donors (Lipinski definition) is 0. The fourth-order valence-corrected chi connectivity index (χ4v) is 9.57. The number of imide groups is 1. The van der Waals surface area contributed by atoms with Crippen LogP contribution in [0.5, 0.6) is 0 Å². The average molecular weight is 559 g/mol. The molecule has 0 saturated carbocycles. The van der Waals surface area contributed by atoms with Crippen LogP contribution in [0.25, 0.3) is 5.57 Å². The average Bonchev–Trinajstić information content (AvgIpc) is 3.45. The first-order chi connectivity index (χ1) is 18.5. The molecule has 5 rings (SSSR count). The van der Waals surface area contributed by atoms with Gasteiger partial charge in [-0.05, 0) is 58.3 Å². The number of thiophene rings is 1. The number of fused-ring (bicyclic) bond motifs is 2. The number of allylic oxidation sites excluding steroid dienone is 5. The molecule has 1 aromatic carbocycles. The number of hydroxylamine groups is 2. The first kappa shape index (κ1) is 26.8. The number of rotatable bonds is 5. The van der Waals surface area contributed by atoms with Crippen molar-refractivity contribution >= 4 is 59.4 Å². The highest BCUT2D eigenvalue weighted by Crippen LogP contribution is 2.45. The molecule has 1 aromatic heterocycles. The van der Waals surface area contributed by atoms with E-state index in [9.17, 15) is 14.4 Å². The molecule has 7 nitrogen and oxygen atoms in total. The molecule has 1 aliphatic carbocycles. The molecule has 1 fully saturated rings. The normalized spacial score (nSPS) is 20.1. The molecular formula is C30H32N3O4SSi+. The maximum atomic E-state index is 13.0. The zero-order valence-electron chi connectivity index (χ0n) is 23.1. The standard InChI is InChI=1S/C30H32N3O4SSi/c1-8-39(7)24-16-19(31(3)4)9-11-21(24)28(22-12-10-20(32(5)6)17-25(22)39)29-18(2)15-23(38-29)30(36)37-33-26(34)13-14-27(33)35/h8-12,15-17H,1,13-14H2,2-7H3/q+1. The van der Waals surface area contributed by atoms with E-state index in [0.717, 1.165) is 38.5 Å². The van der Waals surface area contributed by atoms with E-state index in [2.05, 4.69) is 64.7 Å². The number of aryl methyl sites for hydroxylation is 1. The van der Waals surface area contributed by atoms with E-state index in [4.69, 9.17) is 4.84 Å². The highest BCUT2D eigenvalue weighted by atomic mass is 32.1. The Kier molecular flexibility index (Phi) is 6.68. The van der Waals surface area contributed by atoms with Crippen molar-refractivity contribution in [3.63, 3.8) is 0 Å². The molecule has 0 spiro atoms. The van der Waals surface area contributed by atoms with Crippen molar-refractivity contribution in [2.75, 3.05) is 33.1 Å². The highest BCUT2D eigenvalue weighted by Gasteiger charge is 2.43. The minimum atomic E-state index is -2.33. The fourth-order valence-electron chi connectivity index (χ4n) is 5.29. The first-order valence-corrected chi connectivity index (χ1v) is 16.2. The lowest BCUT2D eigenvalue weighted by Crippen LogP contribution is -2.51. The Balaban J connectivity index is 1.70. The number of carbonyl (C=O) groups excluding carboxylic acids is 3. The molecule has 1 atom stereocenters. The van der Waals surface area contributed by atoms with Crippen molar-refractivity contribution in [1.82, 2.24) is 5.06 Å². The molecule has 200 valence electrons. The van der Waals surface area contributed by atoms with Gasteiger partial charge in [0.2, 0.25) is 0 Å². The Morgan fingerprint density at radius 2 is 1.85 bits per heavy atom. The summed E-state index contributed by atoms with van der Waals surface area (Å²) in [4.78, 5) is 45.7. The Hall–Kier alpha value is -3.82. The van der Waals surface area contributed by atoms with Crippen molar-refractivity contribution < 1.29 is 23.8 Å². The number of nitrogens with zero attached hydrogens (tertiary/aromatic N) is 3. The number of anilines is 1. The molecule has 1 unspecified atom stereocenters. The third-order valence-corrected chi connectivity index (χ3v) is 12.7. The van der Waals surface area contributed by atoms with Crippen LogP contribution in [0.2, 0.25) is 6.55 Å². The van der Waals surface area contributed by atoms with Crippen molar-refractivity contribution in [3.05, 3.63) is 86.4 Å². The lowest BCUT2D eigenvalue weighted by atomic mass is 9.92. The fraction of sp³-hybridized carbons (Fsp3) is 0.267. The maximum Gasteiger partial charge on any atom is 0.373 e. The topological polar surface area (TPSA) is 69.9 Å². The van der Waals surface area contributed by atoms with Crippen LogP contribution >= 0.6 is 11.3 Å². The highest BCUT2D eigenvalue weighted by molar-refractivity contribution is 7.15. The van der Waals surface area contributed by atoms with Crippen LogP contribution in [0, 0.1) is 6.92 Å². The van der Waals surface area contributed by atoms with E-state index < -0.39 is 25.9 Å². The minimum absolute atomic E-state index is 0.0577. The lowest BCUT2D eigenvalue weighted by Gasteiger charge is -2.38. The van der Waals surface area contributed by atoms with Crippen LogP contribution in [-0.4, -0.2) is 69.4 Å². The van der Waals surface area contributed by atoms with Crippen molar-refractivity contribution in [2.45, 2.75) is 26.3 Å². The summed E-state index contributed by atoms with van der Waals surface area (Å²) in [5.74, 6) is -1.69. The molecule has 2 aliphatic heterocycles. The number of benzene rings is 1. The second-order valence-electron chi connectivity index (χ2n) is 10.6. The summed E-state index contributed by atoms with van der Waals surface area (Å²) < 4.78 is 2.11. The van der Waals surface area contributed by atoms with Gasteiger partial charge in [-0.2, -0.15) is 0 Å². The van der Waals surface area contributed by atoms with Gasteiger partial charge < -0.3 is 9.74 Å². The van der Waals surface area contributed by atoms with E-state index in [1.165, 1.54) is 21.7 Å². The van der Waals surface area contributed by atoms with Gasteiger partial charge in [0.15, 0.2) is 5.71 Å². The second-order valence-corrected chi connectivity index (χ2v) is 15.6. The molecule has 0 bridgehead atoms. The summed E-state index contributed by atoms with van der Waals surface area (Å²) >= 11 is 1.32. The van der Waals surface area contributed by atoms with Gasteiger partial charge in [-0.3, -0.25) is 9.59 Å². The van der Waals surface area contributed by atoms with Gasteiger partial charge >= 0.3 is 5.97 Å². The van der Waals surface area contributed by atoms with Gasteiger partial charge in [0, 0.05) is 55.2 Å². The molecule has 9 heteroatoms. The van der Waals surface area contributed by atoms with Crippen LogP contribution in [0.4, 0.5) is 5.69 Å². The Morgan fingerprint density at radius 1 is 1.15 bits per heavy atom. The molecule has 3 heterocycles. The van der Waals surface area contributed by atoms with Gasteiger partial charge in [-0.15, -0.1) is 23.0 Å².